The number of benzene rings is 2. The quantitative estimate of drug-likeness (QED) is 0.553. The summed E-state index contributed by atoms with van der Waals surface area (Å²) in [5.74, 6) is 0.00584. The topological polar surface area (TPSA) is 62.6 Å². The van der Waals surface area contributed by atoms with E-state index in [1.165, 1.54) is 6.07 Å². The van der Waals surface area contributed by atoms with Gasteiger partial charge in [0, 0.05) is 74.7 Å². The van der Waals surface area contributed by atoms with E-state index in [-0.39, 0.29) is 24.9 Å². The lowest BCUT2D eigenvalue weighted by atomic mass is 10.0. The number of amides is 1. The van der Waals surface area contributed by atoms with Crippen molar-refractivity contribution < 1.29 is 18.0 Å². The summed E-state index contributed by atoms with van der Waals surface area (Å²) in [4.78, 5) is 19.0. The van der Waals surface area contributed by atoms with Crippen LogP contribution >= 0.6 is 11.6 Å². The van der Waals surface area contributed by atoms with Crippen LogP contribution in [0.15, 0.2) is 42.5 Å². The zero-order valence-electron chi connectivity index (χ0n) is 19.9. The van der Waals surface area contributed by atoms with Crippen molar-refractivity contribution in [3.05, 3.63) is 58.6 Å². The molecule has 2 aliphatic rings. The van der Waals surface area contributed by atoms with Crippen LogP contribution in [0.25, 0.3) is 0 Å². The Bertz CT molecular complexity index is 1090. The molecule has 2 aliphatic heterocycles. The van der Waals surface area contributed by atoms with Crippen molar-refractivity contribution in [1.82, 2.24) is 10.2 Å². The van der Waals surface area contributed by atoms with E-state index in [1.807, 2.05) is 29.2 Å². The van der Waals surface area contributed by atoms with Crippen LogP contribution in [0, 0.1) is 11.3 Å². The third-order valence-corrected chi connectivity index (χ3v) is 7.13. The number of anilines is 2. The molecule has 0 unspecified atom stereocenters. The van der Waals surface area contributed by atoms with E-state index in [2.05, 4.69) is 15.1 Å². The fourth-order valence-electron chi connectivity index (χ4n) is 4.78. The normalized spacial score (nSPS) is 17.2. The van der Waals surface area contributed by atoms with Crippen molar-refractivity contribution in [2.24, 2.45) is 0 Å². The Morgan fingerprint density at radius 2 is 1.57 bits per heavy atom. The summed E-state index contributed by atoms with van der Waals surface area (Å²) in [5, 5.41) is 12.8. The van der Waals surface area contributed by atoms with E-state index in [4.69, 9.17) is 16.9 Å². The van der Waals surface area contributed by atoms with Gasteiger partial charge in [-0.1, -0.05) is 19.0 Å². The average molecular weight is 536 g/mol. The van der Waals surface area contributed by atoms with Gasteiger partial charge in [0.2, 0.25) is 5.91 Å². The molecule has 10 heteroatoms. The van der Waals surface area contributed by atoms with Crippen LogP contribution in [0.2, 0.25) is 5.02 Å². The first-order valence-electron chi connectivity index (χ1n) is 12.1. The molecule has 200 valence electrons. The van der Waals surface area contributed by atoms with E-state index in [0.29, 0.717) is 44.6 Å². The molecule has 2 aromatic carbocycles. The van der Waals surface area contributed by atoms with Crippen LogP contribution in [-0.2, 0) is 11.0 Å². The van der Waals surface area contributed by atoms with Gasteiger partial charge in [0.25, 0.3) is 0 Å². The Labute approximate surface area is 221 Å². The van der Waals surface area contributed by atoms with Crippen molar-refractivity contribution in [2.75, 3.05) is 55.6 Å². The molecule has 0 aromatic heterocycles. The highest BCUT2D eigenvalue weighted by Gasteiger charge is 2.34. The number of piperidine rings is 1. The van der Waals surface area contributed by atoms with Gasteiger partial charge in [-0.3, -0.25) is 9.69 Å². The van der Waals surface area contributed by atoms with Crippen molar-refractivity contribution in [1.29, 1.82) is 5.26 Å². The number of piperazine rings is 1. The van der Waals surface area contributed by atoms with Gasteiger partial charge in [0.1, 0.15) is 0 Å². The van der Waals surface area contributed by atoms with Crippen LogP contribution in [-0.4, -0.2) is 62.7 Å². The summed E-state index contributed by atoms with van der Waals surface area (Å²) in [5.41, 5.74) is 0.314. The van der Waals surface area contributed by atoms with Crippen LogP contribution in [0.4, 0.5) is 24.5 Å². The van der Waals surface area contributed by atoms with Crippen molar-refractivity contribution in [3.8, 4) is 6.07 Å². The predicted molar refractivity (Wildman–Crippen MR) is 141 cm³/mol. The minimum atomic E-state index is -4.57. The van der Waals surface area contributed by atoms with Gasteiger partial charge in [-0.25, -0.2) is 0 Å². The lowest BCUT2D eigenvalue weighted by molar-refractivity contribution is -0.137. The molecule has 2 heterocycles. The van der Waals surface area contributed by atoms with Gasteiger partial charge in [0.15, 0.2) is 0 Å². The summed E-state index contributed by atoms with van der Waals surface area (Å²) in [7, 11) is 0. The molecule has 6 nitrogen and oxygen atoms in total. The maximum Gasteiger partial charge on any atom is 0.417 e. The van der Waals surface area contributed by atoms with E-state index in [9.17, 15) is 18.0 Å². The average Bonchev–Trinajstić information content (AvgIpc) is 2.88. The maximum absolute atomic E-state index is 13.3. The zero-order valence-corrected chi connectivity index (χ0v) is 20.7. The Kier molecular flexibility index (Phi) is 9.68. The van der Waals surface area contributed by atoms with Gasteiger partial charge in [0.05, 0.1) is 17.2 Å². The smallest absolute Gasteiger partial charge is 0.371 e. The molecule has 0 spiro atoms. The minimum Gasteiger partial charge on any atom is -0.371 e. The molecule has 0 aliphatic carbocycles. The summed E-state index contributed by atoms with van der Waals surface area (Å²) < 4.78 is 39.8. The SMILES string of the molecule is C.N#Cc1ccc(N2CCC(NC(=O)CCN3CCN(c4ccc(Cl)cc4)CC3)CC2)cc1C(F)(F)F. The summed E-state index contributed by atoms with van der Waals surface area (Å²) >= 11 is 5.97. The third-order valence-electron chi connectivity index (χ3n) is 6.87. The molecule has 0 atom stereocenters. The van der Waals surface area contributed by atoms with E-state index in [1.54, 1.807) is 12.1 Å². The van der Waals surface area contributed by atoms with Crippen LogP contribution in [0.1, 0.15) is 37.8 Å². The second-order valence-electron chi connectivity index (χ2n) is 9.22. The highest BCUT2D eigenvalue weighted by molar-refractivity contribution is 6.30. The van der Waals surface area contributed by atoms with Gasteiger partial charge in [-0.15, -0.1) is 0 Å². The fraction of sp³-hybridized carbons (Fsp3) is 0.481. The first kappa shape index (κ1) is 28.6. The standard InChI is InChI=1S/C26H29ClF3N5O.CH4/c27-20-2-5-22(6-3-20)35-15-13-33(14-16-35)10-9-25(36)32-21-7-11-34(12-8-21)23-4-1-19(18-31)24(17-23)26(28,29)30;/h1-6,17,21H,7-16H2,(H,32,36);1H4. The summed E-state index contributed by atoms with van der Waals surface area (Å²) in [6.45, 7) is 5.35. The lowest BCUT2D eigenvalue weighted by Crippen LogP contribution is -2.48. The minimum absolute atomic E-state index is 0. The van der Waals surface area contributed by atoms with Crippen molar-refractivity contribution in [3.63, 3.8) is 0 Å². The maximum atomic E-state index is 13.3. The Morgan fingerprint density at radius 3 is 2.16 bits per heavy atom. The Balaban J connectivity index is 0.00000380. The molecular formula is C27H33ClF3N5O. The second kappa shape index (κ2) is 12.5. The highest BCUT2D eigenvalue weighted by atomic mass is 35.5. The second-order valence-corrected chi connectivity index (χ2v) is 9.66. The molecule has 0 saturated carbocycles. The number of halogens is 4. The van der Waals surface area contributed by atoms with Gasteiger partial charge in [-0.05, 0) is 55.3 Å². The first-order valence-corrected chi connectivity index (χ1v) is 12.5. The van der Waals surface area contributed by atoms with Crippen LogP contribution < -0.4 is 15.1 Å². The molecule has 0 radical (unpaired) electrons. The number of alkyl halides is 3. The largest absolute Gasteiger partial charge is 0.417 e. The molecule has 1 N–H and O–H groups in total. The summed E-state index contributed by atoms with van der Waals surface area (Å²) in [6, 6.07) is 13.3. The van der Waals surface area contributed by atoms with E-state index in [0.717, 1.165) is 43.0 Å². The van der Waals surface area contributed by atoms with Gasteiger partial charge < -0.3 is 15.1 Å². The Hall–Kier alpha value is -2.96. The molecule has 1 amide bonds. The summed E-state index contributed by atoms with van der Waals surface area (Å²) in [6.07, 6.45) is -2.83. The van der Waals surface area contributed by atoms with Crippen LogP contribution in [0.3, 0.4) is 0 Å². The van der Waals surface area contributed by atoms with Gasteiger partial charge >= 0.3 is 6.18 Å². The lowest BCUT2D eigenvalue weighted by Gasteiger charge is -2.36. The number of hydrogen-bond donors (Lipinski definition) is 1. The first-order chi connectivity index (χ1) is 17.2. The fourth-order valence-corrected chi connectivity index (χ4v) is 4.91. The number of nitriles is 1. The molecule has 2 aromatic rings. The molecule has 2 saturated heterocycles. The number of nitrogens with one attached hydrogen (secondary N) is 1. The van der Waals surface area contributed by atoms with E-state index < -0.39 is 11.7 Å². The number of nitrogens with zero attached hydrogens (tertiary/aromatic N) is 4. The number of carbonyl (C=O) groups excluding carboxylic acids is 1. The molecule has 4 rings (SSSR count). The predicted octanol–water partition coefficient (Wildman–Crippen LogP) is 5.16. The van der Waals surface area contributed by atoms with Crippen LogP contribution in [0.5, 0.6) is 0 Å². The van der Waals surface area contributed by atoms with Gasteiger partial charge in [-0.2, -0.15) is 18.4 Å². The number of rotatable bonds is 6. The van der Waals surface area contributed by atoms with Crippen molar-refractivity contribution >= 4 is 28.9 Å². The monoisotopic (exact) mass is 535 g/mol. The molecule has 0 bridgehead atoms. The Morgan fingerprint density at radius 1 is 0.973 bits per heavy atom. The number of carbonyl (C=O) groups is 1. The third kappa shape index (κ3) is 7.53. The molecular weight excluding hydrogens is 503 g/mol. The molecule has 2 fully saturated rings. The number of hydrogen-bond acceptors (Lipinski definition) is 5. The van der Waals surface area contributed by atoms with E-state index >= 15 is 0 Å². The zero-order chi connectivity index (χ0) is 25.7. The van der Waals surface area contributed by atoms with Crippen molar-refractivity contribution in [2.45, 2.75) is 38.9 Å². The molecule has 37 heavy (non-hydrogen) atoms. The highest BCUT2D eigenvalue weighted by Crippen LogP contribution is 2.35.